The fourth-order valence-electron chi connectivity index (χ4n) is 4.17. The summed E-state index contributed by atoms with van der Waals surface area (Å²) in [5.74, 6) is 1.73. The van der Waals surface area contributed by atoms with Crippen LogP contribution in [0.2, 0.25) is 5.02 Å². The van der Waals surface area contributed by atoms with Crippen molar-refractivity contribution in [1.29, 1.82) is 0 Å². The number of para-hydroxylation sites is 1. The van der Waals surface area contributed by atoms with E-state index in [1.807, 2.05) is 48.5 Å². The predicted octanol–water partition coefficient (Wildman–Crippen LogP) is 6.40. The number of benzene rings is 3. The Bertz CT molecular complexity index is 921. The first-order chi connectivity index (χ1) is 14.7. The van der Waals surface area contributed by atoms with E-state index in [1.165, 1.54) is 11.1 Å². The molecule has 0 unspecified atom stereocenters. The minimum Gasteiger partial charge on any atom is -0.457 e. The molecule has 3 nitrogen and oxygen atoms in total. The van der Waals surface area contributed by atoms with E-state index < -0.39 is 0 Å². The normalized spacial score (nSPS) is 19.0. The van der Waals surface area contributed by atoms with Gasteiger partial charge in [0, 0.05) is 30.2 Å². The average Bonchev–Trinajstić information content (AvgIpc) is 2.76. The molecule has 4 heteroatoms. The van der Waals surface area contributed by atoms with E-state index in [9.17, 15) is 0 Å². The van der Waals surface area contributed by atoms with Crippen LogP contribution in [0.5, 0.6) is 11.5 Å². The molecule has 0 atom stereocenters. The van der Waals surface area contributed by atoms with Crippen LogP contribution in [-0.2, 0) is 13.1 Å². The third kappa shape index (κ3) is 5.85. The Kier molecular flexibility index (Phi) is 7.06. The predicted molar refractivity (Wildman–Crippen MR) is 124 cm³/mol. The van der Waals surface area contributed by atoms with E-state index in [-0.39, 0.29) is 0 Å². The molecule has 156 valence electrons. The summed E-state index contributed by atoms with van der Waals surface area (Å²) < 4.78 is 6.04. The smallest absolute Gasteiger partial charge is 0.127 e. The lowest BCUT2D eigenvalue weighted by molar-refractivity contribution is 0.134. The molecule has 1 saturated carbocycles. The number of nitrogens with two attached hydrogens (primary N) is 1. The Morgan fingerprint density at radius 1 is 0.767 bits per heavy atom. The summed E-state index contributed by atoms with van der Waals surface area (Å²) in [7, 11) is 0. The highest BCUT2D eigenvalue weighted by Crippen LogP contribution is 2.27. The van der Waals surface area contributed by atoms with Gasteiger partial charge in [0.15, 0.2) is 0 Å². The summed E-state index contributed by atoms with van der Waals surface area (Å²) in [5, 5.41) is 0.778. The molecule has 0 saturated heterocycles. The minimum atomic E-state index is 0.348. The molecule has 0 bridgehead atoms. The molecule has 0 radical (unpaired) electrons. The van der Waals surface area contributed by atoms with Crippen LogP contribution >= 0.6 is 11.6 Å². The van der Waals surface area contributed by atoms with Crippen molar-refractivity contribution in [3.8, 4) is 11.5 Å². The summed E-state index contributed by atoms with van der Waals surface area (Å²) in [6, 6.07) is 27.4. The van der Waals surface area contributed by atoms with Gasteiger partial charge in [-0.25, -0.2) is 0 Å². The van der Waals surface area contributed by atoms with E-state index in [0.717, 1.165) is 55.3 Å². The maximum Gasteiger partial charge on any atom is 0.127 e. The Labute approximate surface area is 184 Å². The van der Waals surface area contributed by atoms with Crippen molar-refractivity contribution < 1.29 is 4.74 Å². The lowest BCUT2D eigenvalue weighted by Gasteiger charge is -2.36. The summed E-state index contributed by atoms with van der Waals surface area (Å²) in [5.41, 5.74) is 8.70. The molecular weight excluding hydrogens is 392 g/mol. The largest absolute Gasteiger partial charge is 0.457 e. The Morgan fingerprint density at radius 3 is 2.17 bits per heavy atom. The second kappa shape index (κ2) is 10.1. The molecule has 0 amide bonds. The van der Waals surface area contributed by atoms with Crippen molar-refractivity contribution >= 4 is 11.6 Å². The molecule has 2 N–H and O–H groups in total. The molecule has 0 heterocycles. The first-order valence-corrected chi connectivity index (χ1v) is 11.1. The summed E-state index contributed by atoms with van der Waals surface area (Å²) in [4.78, 5) is 2.58. The maximum atomic E-state index is 6.16. The van der Waals surface area contributed by atoms with Crippen LogP contribution in [0.4, 0.5) is 0 Å². The van der Waals surface area contributed by atoms with Crippen LogP contribution < -0.4 is 10.5 Å². The molecule has 4 rings (SSSR count). The Morgan fingerprint density at radius 2 is 1.43 bits per heavy atom. The molecule has 1 aliphatic rings. The van der Waals surface area contributed by atoms with E-state index in [4.69, 9.17) is 22.1 Å². The van der Waals surface area contributed by atoms with Crippen molar-refractivity contribution in [3.63, 3.8) is 0 Å². The lowest BCUT2D eigenvalue weighted by Crippen LogP contribution is -2.40. The van der Waals surface area contributed by atoms with Crippen LogP contribution in [0.25, 0.3) is 0 Å². The van der Waals surface area contributed by atoms with E-state index in [2.05, 4.69) is 35.2 Å². The monoisotopic (exact) mass is 420 g/mol. The molecule has 1 aliphatic carbocycles. The standard InChI is InChI=1S/C26H29ClN2O/c27-22-11-9-20(10-12-22)18-29(24-15-13-23(28)14-16-24)19-21-5-4-8-26(17-21)30-25-6-2-1-3-7-25/h1-12,17,23-24H,13-16,18-19,28H2. The molecule has 3 aromatic carbocycles. The van der Waals surface area contributed by atoms with Gasteiger partial charge in [-0.05, 0) is 73.2 Å². The number of rotatable bonds is 7. The van der Waals surface area contributed by atoms with Crippen molar-refractivity contribution in [2.45, 2.75) is 50.9 Å². The third-order valence-electron chi connectivity index (χ3n) is 5.82. The van der Waals surface area contributed by atoms with E-state index in [0.29, 0.717) is 12.1 Å². The molecule has 0 aliphatic heterocycles. The maximum absolute atomic E-state index is 6.16. The fourth-order valence-corrected chi connectivity index (χ4v) is 4.30. The number of nitrogens with zero attached hydrogens (tertiary/aromatic N) is 1. The van der Waals surface area contributed by atoms with Gasteiger partial charge in [-0.1, -0.05) is 54.1 Å². The zero-order valence-corrected chi connectivity index (χ0v) is 18.0. The first-order valence-electron chi connectivity index (χ1n) is 10.7. The number of hydrogen-bond acceptors (Lipinski definition) is 3. The molecular formula is C26H29ClN2O. The van der Waals surface area contributed by atoms with Crippen LogP contribution in [-0.4, -0.2) is 17.0 Å². The zero-order chi connectivity index (χ0) is 20.8. The van der Waals surface area contributed by atoms with Crippen molar-refractivity contribution in [3.05, 3.63) is 95.0 Å². The van der Waals surface area contributed by atoms with E-state index in [1.54, 1.807) is 0 Å². The van der Waals surface area contributed by atoms with Crippen LogP contribution in [0.1, 0.15) is 36.8 Å². The van der Waals surface area contributed by atoms with Gasteiger partial charge in [0.25, 0.3) is 0 Å². The molecule has 1 fully saturated rings. The topological polar surface area (TPSA) is 38.5 Å². The van der Waals surface area contributed by atoms with Crippen molar-refractivity contribution in [2.75, 3.05) is 0 Å². The minimum absolute atomic E-state index is 0.348. The number of hydrogen-bond donors (Lipinski definition) is 1. The highest BCUT2D eigenvalue weighted by atomic mass is 35.5. The summed E-state index contributed by atoms with van der Waals surface area (Å²) in [6.45, 7) is 1.79. The molecule has 0 spiro atoms. The highest BCUT2D eigenvalue weighted by molar-refractivity contribution is 6.30. The first kappa shape index (κ1) is 20.9. The van der Waals surface area contributed by atoms with Crippen molar-refractivity contribution in [1.82, 2.24) is 4.90 Å². The van der Waals surface area contributed by atoms with Crippen LogP contribution in [0, 0.1) is 0 Å². The Hall–Kier alpha value is -2.33. The SMILES string of the molecule is NC1CCC(N(Cc2ccc(Cl)cc2)Cc2cccc(Oc3ccccc3)c2)CC1. The molecule has 3 aromatic rings. The second-order valence-electron chi connectivity index (χ2n) is 8.16. The van der Waals surface area contributed by atoms with Gasteiger partial charge < -0.3 is 10.5 Å². The Balaban J connectivity index is 1.50. The van der Waals surface area contributed by atoms with Crippen LogP contribution in [0.15, 0.2) is 78.9 Å². The van der Waals surface area contributed by atoms with Crippen LogP contribution in [0.3, 0.4) is 0 Å². The van der Waals surface area contributed by atoms with Gasteiger partial charge in [0.2, 0.25) is 0 Å². The third-order valence-corrected chi connectivity index (χ3v) is 6.07. The quantitative estimate of drug-likeness (QED) is 0.480. The summed E-state index contributed by atoms with van der Waals surface area (Å²) in [6.07, 6.45) is 4.49. The fraction of sp³-hybridized carbons (Fsp3) is 0.308. The molecule has 0 aromatic heterocycles. The second-order valence-corrected chi connectivity index (χ2v) is 8.60. The lowest BCUT2D eigenvalue weighted by atomic mass is 9.90. The van der Waals surface area contributed by atoms with Gasteiger partial charge in [-0.3, -0.25) is 4.90 Å². The van der Waals surface area contributed by atoms with Gasteiger partial charge in [0.1, 0.15) is 11.5 Å². The molecule has 30 heavy (non-hydrogen) atoms. The summed E-state index contributed by atoms with van der Waals surface area (Å²) >= 11 is 6.09. The van der Waals surface area contributed by atoms with Gasteiger partial charge >= 0.3 is 0 Å². The van der Waals surface area contributed by atoms with E-state index >= 15 is 0 Å². The zero-order valence-electron chi connectivity index (χ0n) is 17.2. The number of halogens is 1. The van der Waals surface area contributed by atoms with Crippen molar-refractivity contribution in [2.24, 2.45) is 5.73 Å². The van der Waals surface area contributed by atoms with Gasteiger partial charge in [0.05, 0.1) is 0 Å². The van der Waals surface area contributed by atoms with Gasteiger partial charge in [-0.15, -0.1) is 0 Å². The highest BCUT2D eigenvalue weighted by Gasteiger charge is 2.24. The average molecular weight is 421 g/mol. The number of ether oxygens (including phenoxy) is 1. The van der Waals surface area contributed by atoms with Gasteiger partial charge in [-0.2, -0.15) is 0 Å².